The second-order valence-corrected chi connectivity index (χ2v) is 14.9. The molecule has 0 saturated heterocycles. The van der Waals surface area contributed by atoms with Crippen LogP contribution in [0.4, 0.5) is 0 Å². The standard InChI is InChI=1S/C49H80O5/c1-3-5-7-9-11-13-15-17-19-21-23-25-27-29-31-33-35-37-39-53-48(51)46-41-45(44-50)42-47(43-46)49(52)54-40-38-36-34-32-30-28-26-24-22-20-18-16-14-12-10-8-6-4-2/h11-14,17-20,41-43,50H,3-10,15-16,21-40,44H2,1-2H3/b13-11-,14-12-,19-17-,20-18-. The molecule has 0 aromatic heterocycles. The van der Waals surface area contributed by atoms with E-state index in [0.717, 1.165) is 51.4 Å². The molecule has 1 rings (SSSR count). The van der Waals surface area contributed by atoms with Crippen LogP contribution in [-0.2, 0) is 16.1 Å². The molecule has 0 aliphatic rings. The number of unbranched alkanes of at least 4 members (excludes halogenated alkanes) is 22. The van der Waals surface area contributed by atoms with E-state index in [1.165, 1.54) is 134 Å². The van der Waals surface area contributed by atoms with Crippen molar-refractivity contribution in [2.45, 2.75) is 200 Å². The number of ether oxygens (including phenoxy) is 2. The molecule has 0 saturated carbocycles. The molecule has 0 aliphatic carbocycles. The van der Waals surface area contributed by atoms with Crippen molar-refractivity contribution >= 4 is 11.9 Å². The first-order chi connectivity index (χ1) is 26.6. The van der Waals surface area contributed by atoms with Crippen molar-refractivity contribution in [2.75, 3.05) is 13.2 Å². The molecule has 5 heteroatoms. The molecule has 0 fully saturated rings. The molecule has 5 nitrogen and oxygen atoms in total. The number of benzene rings is 1. The highest BCUT2D eigenvalue weighted by molar-refractivity contribution is 5.95. The van der Waals surface area contributed by atoms with E-state index < -0.39 is 11.9 Å². The molecule has 306 valence electrons. The smallest absolute Gasteiger partial charge is 0.338 e. The van der Waals surface area contributed by atoms with Gasteiger partial charge in [0.25, 0.3) is 0 Å². The van der Waals surface area contributed by atoms with Crippen molar-refractivity contribution in [1.29, 1.82) is 0 Å². The Bertz CT molecular complexity index is 1060. The van der Waals surface area contributed by atoms with Crippen LogP contribution in [0.15, 0.2) is 66.8 Å². The van der Waals surface area contributed by atoms with Gasteiger partial charge in [0.2, 0.25) is 0 Å². The SMILES string of the molecule is CCCCC/C=C\C/C=C\CCCCCCCCCCOC(=O)c1cc(CO)cc(C(=O)OCCCCCCCCCC/C=C\C/C=C\CCCCC)c1. The van der Waals surface area contributed by atoms with Gasteiger partial charge in [-0.05, 0) is 101 Å². The Morgan fingerprint density at radius 1 is 0.444 bits per heavy atom. The Kier molecular flexibility index (Phi) is 34.9. The van der Waals surface area contributed by atoms with Gasteiger partial charge < -0.3 is 14.6 Å². The Morgan fingerprint density at radius 2 is 0.759 bits per heavy atom. The quantitative estimate of drug-likeness (QED) is 0.0417. The summed E-state index contributed by atoms with van der Waals surface area (Å²) in [5.74, 6) is -0.928. The van der Waals surface area contributed by atoms with Crippen LogP contribution in [0.25, 0.3) is 0 Å². The molecule has 0 radical (unpaired) electrons. The normalized spacial score (nSPS) is 11.9. The van der Waals surface area contributed by atoms with Gasteiger partial charge in [0.05, 0.1) is 30.9 Å². The third-order valence-corrected chi connectivity index (χ3v) is 9.80. The molecule has 0 unspecified atom stereocenters. The number of carbonyl (C=O) groups excluding carboxylic acids is 2. The molecule has 0 heterocycles. The maximum absolute atomic E-state index is 12.7. The lowest BCUT2D eigenvalue weighted by atomic mass is 10.1. The number of hydrogen-bond acceptors (Lipinski definition) is 5. The molecule has 0 spiro atoms. The largest absolute Gasteiger partial charge is 0.462 e. The Balaban J connectivity index is 2.08. The van der Waals surface area contributed by atoms with Crippen LogP contribution >= 0.6 is 0 Å². The van der Waals surface area contributed by atoms with E-state index in [-0.39, 0.29) is 17.7 Å². The maximum atomic E-state index is 12.7. The molecule has 0 amide bonds. The molecule has 0 aliphatic heterocycles. The van der Waals surface area contributed by atoms with E-state index in [0.29, 0.717) is 18.8 Å². The van der Waals surface area contributed by atoms with Crippen molar-refractivity contribution in [3.05, 3.63) is 83.5 Å². The topological polar surface area (TPSA) is 72.8 Å². The molecule has 1 N–H and O–H groups in total. The minimum atomic E-state index is -0.464. The van der Waals surface area contributed by atoms with Crippen molar-refractivity contribution in [2.24, 2.45) is 0 Å². The third-order valence-electron chi connectivity index (χ3n) is 9.80. The van der Waals surface area contributed by atoms with Gasteiger partial charge in [-0.1, -0.05) is 165 Å². The van der Waals surface area contributed by atoms with Crippen LogP contribution in [0.5, 0.6) is 0 Å². The summed E-state index contributed by atoms with van der Waals surface area (Å²) in [6.45, 7) is 4.95. The second-order valence-electron chi connectivity index (χ2n) is 14.9. The zero-order valence-corrected chi connectivity index (χ0v) is 34.9. The van der Waals surface area contributed by atoms with Crippen LogP contribution in [-0.4, -0.2) is 30.3 Å². The number of rotatable bonds is 37. The van der Waals surface area contributed by atoms with E-state index in [1.54, 1.807) is 12.1 Å². The summed E-state index contributed by atoms with van der Waals surface area (Å²) in [5, 5.41) is 9.73. The maximum Gasteiger partial charge on any atom is 0.338 e. The molecule has 0 bridgehead atoms. The van der Waals surface area contributed by atoms with E-state index >= 15 is 0 Å². The van der Waals surface area contributed by atoms with Crippen LogP contribution in [0.1, 0.15) is 220 Å². The minimum absolute atomic E-state index is 0.261. The fourth-order valence-corrected chi connectivity index (χ4v) is 6.40. The first-order valence-corrected chi connectivity index (χ1v) is 22.3. The number of hydrogen-bond donors (Lipinski definition) is 1. The van der Waals surface area contributed by atoms with Gasteiger partial charge in [-0.2, -0.15) is 0 Å². The molecule has 1 aromatic rings. The molecule has 0 atom stereocenters. The van der Waals surface area contributed by atoms with E-state index in [1.807, 2.05) is 0 Å². The third kappa shape index (κ3) is 30.4. The highest BCUT2D eigenvalue weighted by atomic mass is 16.5. The van der Waals surface area contributed by atoms with Gasteiger partial charge in [-0.25, -0.2) is 9.59 Å². The summed E-state index contributed by atoms with van der Waals surface area (Å²) >= 11 is 0. The van der Waals surface area contributed by atoms with E-state index in [2.05, 4.69) is 62.5 Å². The average molecular weight is 749 g/mol. The zero-order chi connectivity index (χ0) is 39.0. The predicted octanol–water partition coefficient (Wildman–Crippen LogP) is 14.7. The lowest BCUT2D eigenvalue weighted by Crippen LogP contribution is -2.11. The van der Waals surface area contributed by atoms with Crippen molar-refractivity contribution in [3.8, 4) is 0 Å². The number of aliphatic hydroxyl groups excluding tert-OH is 1. The number of esters is 2. The summed E-state index contributed by atoms with van der Waals surface area (Å²) < 4.78 is 11.0. The van der Waals surface area contributed by atoms with Gasteiger partial charge in [0.15, 0.2) is 0 Å². The fourth-order valence-electron chi connectivity index (χ4n) is 6.40. The highest BCUT2D eigenvalue weighted by Crippen LogP contribution is 2.16. The molecule has 54 heavy (non-hydrogen) atoms. The summed E-state index contributed by atoms with van der Waals surface area (Å²) in [7, 11) is 0. The van der Waals surface area contributed by atoms with Crippen LogP contribution < -0.4 is 0 Å². The van der Waals surface area contributed by atoms with Crippen LogP contribution in [0.2, 0.25) is 0 Å². The van der Waals surface area contributed by atoms with E-state index in [4.69, 9.17) is 9.47 Å². The van der Waals surface area contributed by atoms with Gasteiger partial charge in [0.1, 0.15) is 0 Å². The predicted molar refractivity (Wildman–Crippen MR) is 230 cm³/mol. The second kappa shape index (κ2) is 38.4. The van der Waals surface area contributed by atoms with Crippen LogP contribution in [0, 0.1) is 0 Å². The van der Waals surface area contributed by atoms with Gasteiger partial charge in [-0.3, -0.25) is 0 Å². The highest BCUT2D eigenvalue weighted by Gasteiger charge is 2.15. The summed E-state index contributed by atoms with van der Waals surface area (Å²) in [6, 6.07) is 4.70. The van der Waals surface area contributed by atoms with Gasteiger partial charge >= 0.3 is 11.9 Å². The zero-order valence-electron chi connectivity index (χ0n) is 34.9. The monoisotopic (exact) mass is 749 g/mol. The first kappa shape index (κ1) is 49.1. The number of carbonyl (C=O) groups is 2. The number of aliphatic hydroxyl groups is 1. The van der Waals surface area contributed by atoms with Crippen molar-refractivity contribution in [3.63, 3.8) is 0 Å². The number of allylic oxidation sites excluding steroid dienone is 8. The Hall–Kier alpha value is -2.92. The lowest BCUT2D eigenvalue weighted by Gasteiger charge is -2.10. The van der Waals surface area contributed by atoms with Crippen molar-refractivity contribution < 1.29 is 24.2 Å². The Labute approximate surface area is 332 Å². The van der Waals surface area contributed by atoms with Gasteiger partial charge in [-0.15, -0.1) is 0 Å². The molecule has 1 aromatic carbocycles. The van der Waals surface area contributed by atoms with Crippen LogP contribution in [0.3, 0.4) is 0 Å². The molecular formula is C49H80O5. The Morgan fingerprint density at radius 3 is 1.09 bits per heavy atom. The summed E-state index contributed by atoms with van der Waals surface area (Å²) in [6.07, 6.45) is 51.8. The fraction of sp³-hybridized carbons (Fsp3) is 0.673. The van der Waals surface area contributed by atoms with Crippen molar-refractivity contribution in [1.82, 2.24) is 0 Å². The average Bonchev–Trinajstić information content (AvgIpc) is 3.19. The first-order valence-electron chi connectivity index (χ1n) is 22.3. The lowest BCUT2D eigenvalue weighted by molar-refractivity contribution is 0.0495. The van der Waals surface area contributed by atoms with E-state index in [9.17, 15) is 14.7 Å². The summed E-state index contributed by atoms with van der Waals surface area (Å²) in [4.78, 5) is 25.5. The summed E-state index contributed by atoms with van der Waals surface area (Å²) in [5.41, 5.74) is 1.06. The molecular weight excluding hydrogens is 669 g/mol. The minimum Gasteiger partial charge on any atom is -0.462 e. The van der Waals surface area contributed by atoms with Gasteiger partial charge in [0, 0.05) is 0 Å².